The van der Waals surface area contributed by atoms with E-state index in [-0.39, 0.29) is 6.42 Å². The maximum atomic E-state index is 10.6. The van der Waals surface area contributed by atoms with Crippen molar-refractivity contribution in [2.75, 3.05) is 13.1 Å². The van der Waals surface area contributed by atoms with Crippen LogP contribution in [-0.4, -0.2) is 29.1 Å². The van der Waals surface area contributed by atoms with Crippen LogP contribution >= 0.6 is 0 Å². The molecular weight excluding hydrogens is 214 g/mol. The van der Waals surface area contributed by atoms with Crippen LogP contribution in [0.4, 0.5) is 0 Å². The molecule has 0 saturated heterocycles. The third-order valence-electron chi connectivity index (χ3n) is 3.41. The van der Waals surface area contributed by atoms with Crippen molar-refractivity contribution >= 4 is 5.97 Å². The van der Waals surface area contributed by atoms with Crippen LogP contribution in [0.5, 0.6) is 0 Å². The molecule has 0 aliphatic carbocycles. The van der Waals surface area contributed by atoms with Gasteiger partial charge in [-0.3, -0.25) is 9.69 Å². The first-order chi connectivity index (χ1) is 8.19. The van der Waals surface area contributed by atoms with Gasteiger partial charge in [-0.15, -0.1) is 0 Å². The first-order valence-corrected chi connectivity index (χ1v) is 6.24. The zero-order chi connectivity index (χ0) is 12.3. The molecule has 2 rings (SSSR count). The lowest BCUT2D eigenvalue weighted by molar-refractivity contribution is -0.137. The van der Waals surface area contributed by atoms with Crippen LogP contribution in [0.25, 0.3) is 0 Å². The van der Waals surface area contributed by atoms with Gasteiger partial charge in [-0.2, -0.15) is 0 Å². The second-order valence-electron chi connectivity index (χ2n) is 4.63. The van der Waals surface area contributed by atoms with E-state index in [0.29, 0.717) is 6.54 Å². The lowest BCUT2D eigenvalue weighted by atomic mass is 9.96. The van der Waals surface area contributed by atoms with Gasteiger partial charge in [0.15, 0.2) is 0 Å². The molecule has 3 heteroatoms. The second-order valence-corrected chi connectivity index (χ2v) is 4.63. The van der Waals surface area contributed by atoms with E-state index < -0.39 is 5.97 Å². The molecule has 0 saturated carbocycles. The summed E-state index contributed by atoms with van der Waals surface area (Å²) in [4.78, 5) is 12.8. The van der Waals surface area contributed by atoms with Gasteiger partial charge in [0.05, 0.1) is 6.42 Å². The van der Waals surface area contributed by atoms with E-state index >= 15 is 0 Å². The minimum absolute atomic E-state index is 0.239. The van der Waals surface area contributed by atoms with Crippen molar-refractivity contribution < 1.29 is 9.90 Å². The van der Waals surface area contributed by atoms with Crippen LogP contribution in [0, 0.1) is 0 Å². The summed E-state index contributed by atoms with van der Waals surface area (Å²) in [5.41, 5.74) is 4.17. The molecule has 0 radical (unpaired) electrons. The topological polar surface area (TPSA) is 40.5 Å². The van der Waals surface area contributed by atoms with Gasteiger partial charge >= 0.3 is 5.97 Å². The molecule has 0 aromatic heterocycles. The monoisotopic (exact) mass is 233 g/mol. The summed E-state index contributed by atoms with van der Waals surface area (Å²) >= 11 is 0. The number of rotatable bonds is 4. The average Bonchev–Trinajstić information content (AvgIpc) is 2.35. The Morgan fingerprint density at radius 3 is 2.94 bits per heavy atom. The molecule has 3 nitrogen and oxygen atoms in total. The standard InChI is InChI=1S/C14H19NO2/c1-2-11-3-4-12-5-7-15(8-6-14(16)17)10-13(12)9-11/h3-4,9H,2,5-8,10H2,1H3,(H,16,17). The summed E-state index contributed by atoms with van der Waals surface area (Å²) in [7, 11) is 0. The van der Waals surface area contributed by atoms with Crippen molar-refractivity contribution in [3.63, 3.8) is 0 Å². The molecule has 1 heterocycles. The molecule has 1 aliphatic heterocycles. The Kier molecular flexibility index (Phi) is 3.79. The van der Waals surface area contributed by atoms with E-state index in [1.54, 1.807) is 0 Å². The summed E-state index contributed by atoms with van der Waals surface area (Å²) < 4.78 is 0. The van der Waals surface area contributed by atoms with Crippen molar-refractivity contribution in [1.29, 1.82) is 0 Å². The summed E-state index contributed by atoms with van der Waals surface area (Å²) in [6, 6.07) is 6.69. The molecule has 17 heavy (non-hydrogen) atoms. The van der Waals surface area contributed by atoms with Crippen LogP contribution in [0.1, 0.15) is 30.0 Å². The number of aliphatic carboxylic acids is 1. The number of hydrogen-bond donors (Lipinski definition) is 1. The number of nitrogens with zero attached hydrogens (tertiary/aromatic N) is 1. The van der Waals surface area contributed by atoms with Gasteiger partial charge in [-0.25, -0.2) is 0 Å². The molecule has 1 aromatic rings. The highest BCUT2D eigenvalue weighted by Gasteiger charge is 2.16. The molecule has 0 fully saturated rings. The van der Waals surface area contributed by atoms with Gasteiger partial charge in [0.2, 0.25) is 0 Å². The Morgan fingerprint density at radius 2 is 2.24 bits per heavy atom. The largest absolute Gasteiger partial charge is 0.481 e. The number of hydrogen-bond acceptors (Lipinski definition) is 2. The predicted molar refractivity (Wildman–Crippen MR) is 67.1 cm³/mol. The van der Waals surface area contributed by atoms with Crippen LogP contribution in [-0.2, 0) is 24.2 Å². The molecule has 1 aromatic carbocycles. The summed E-state index contributed by atoms with van der Waals surface area (Å²) in [5, 5.41) is 8.69. The highest BCUT2D eigenvalue weighted by atomic mass is 16.4. The van der Waals surface area contributed by atoms with Crippen molar-refractivity contribution in [1.82, 2.24) is 4.90 Å². The fraction of sp³-hybridized carbons (Fsp3) is 0.500. The minimum Gasteiger partial charge on any atom is -0.481 e. The molecule has 92 valence electrons. The van der Waals surface area contributed by atoms with Crippen molar-refractivity contribution in [3.05, 3.63) is 34.9 Å². The van der Waals surface area contributed by atoms with Crippen LogP contribution in [0.15, 0.2) is 18.2 Å². The number of aryl methyl sites for hydroxylation is 1. The van der Waals surface area contributed by atoms with E-state index in [9.17, 15) is 4.79 Å². The molecule has 0 amide bonds. The van der Waals surface area contributed by atoms with E-state index in [1.165, 1.54) is 16.7 Å². The Morgan fingerprint density at radius 1 is 1.41 bits per heavy atom. The number of carbonyl (C=O) groups is 1. The normalized spacial score (nSPS) is 15.6. The van der Waals surface area contributed by atoms with Crippen molar-refractivity contribution in [2.45, 2.75) is 32.7 Å². The number of carboxylic acids is 1. The number of carboxylic acid groups (broad SMARTS) is 1. The maximum absolute atomic E-state index is 10.6. The van der Waals surface area contributed by atoms with Crippen LogP contribution < -0.4 is 0 Å². The Labute approximate surface area is 102 Å². The van der Waals surface area contributed by atoms with Gasteiger partial charge < -0.3 is 5.11 Å². The van der Waals surface area contributed by atoms with Crippen molar-refractivity contribution in [3.8, 4) is 0 Å². The quantitative estimate of drug-likeness (QED) is 0.865. The second kappa shape index (κ2) is 5.32. The van der Waals surface area contributed by atoms with E-state index in [0.717, 1.165) is 25.9 Å². The third-order valence-corrected chi connectivity index (χ3v) is 3.41. The lowest BCUT2D eigenvalue weighted by Crippen LogP contribution is -2.32. The first kappa shape index (κ1) is 12.1. The molecule has 1 aliphatic rings. The molecular formula is C14H19NO2. The maximum Gasteiger partial charge on any atom is 0.304 e. The van der Waals surface area contributed by atoms with Crippen molar-refractivity contribution in [2.24, 2.45) is 0 Å². The zero-order valence-corrected chi connectivity index (χ0v) is 10.3. The fourth-order valence-electron chi connectivity index (χ4n) is 2.33. The highest BCUT2D eigenvalue weighted by Crippen LogP contribution is 2.20. The molecule has 0 unspecified atom stereocenters. The van der Waals surface area contributed by atoms with Crippen LogP contribution in [0.3, 0.4) is 0 Å². The van der Waals surface area contributed by atoms with E-state index in [2.05, 4.69) is 30.0 Å². The number of benzene rings is 1. The van der Waals surface area contributed by atoms with Gasteiger partial charge in [-0.05, 0) is 29.5 Å². The zero-order valence-electron chi connectivity index (χ0n) is 10.3. The van der Waals surface area contributed by atoms with Gasteiger partial charge in [-0.1, -0.05) is 25.1 Å². The third kappa shape index (κ3) is 3.07. The Balaban J connectivity index is 2.03. The van der Waals surface area contributed by atoms with Gasteiger partial charge in [0, 0.05) is 19.6 Å². The summed E-state index contributed by atoms with van der Waals surface area (Å²) in [6.07, 6.45) is 2.34. The smallest absolute Gasteiger partial charge is 0.304 e. The molecule has 0 atom stereocenters. The van der Waals surface area contributed by atoms with Gasteiger partial charge in [0.1, 0.15) is 0 Å². The molecule has 0 spiro atoms. The fourth-order valence-corrected chi connectivity index (χ4v) is 2.33. The SMILES string of the molecule is CCc1ccc2c(c1)CN(CCC(=O)O)CC2. The van der Waals surface area contributed by atoms with Gasteiger partial charge in [0.25, 0.3) is 0 Å². The van der Waals surface area contributed by atoms with E-state index in [4.69, 9.17) is 5.11 Å². The molecule has 0 bridgehead atoms. The number of fused-ring (bicyclic) bond motifs is 1. The average molecular weight is 233 g/mol. The predicted octanol–water partition coefficient (Wildman–Crippen LogP) is 2.08. The highest BCUT2D eigenvalue weighted by molar-refractivity contribution is 5.66. The molecule has 1 N–H and O–H groups in total. The summed E-state index contributed by atoms with van der Waals surface area (Å²) in [5.74, 6) is -0.710. The minimum atomic E-state index is -0.710. The van der Waals surface area contributed by atoms with E-state index in [1.807, 2.05) is 0 Å². The Hall–Kier alpha value is -1.35. The Bertz CT molecular complexity index is 415. The van der Waals surface area contributed by atoms with Crippen LogP contribution in [0.2, 0.25) is 0 Å². The first-order valence-electron chi connectivity index (χ1n) is 6.24. The summed E-state index contributed by atoms with van der Waals surface area (Å²) in [6.45, 7) is 4.69. The lowest BCUT2D eigenvalue weighted by Gasteiger charge is -2.28.